The monoisotopic (exact) mass is 369 g/mol. The van der Waals surface area contributed by atoms with E-state index < -0.39 is 0 Å². The Morgan fingerprint density at radius 3 is 2.41 bits per heavy atom. The van der Waals surface area contributed by atoms with E-state index in [-0.39, 0.29) is 17.7 Å². The summed E-state index contributed by atoms with van der Waals surface area (Å²) < 4.78 is 6.95. The molecule has 27 heavy (non-hydrogen) atoms. The molecule has 0 bridgehead atoms. The number of ether oxygens (including phenoxy) is 1. The lowest BCUT2D eigenvalue weighted by atomic mass is 10.1. The molecular formula is C21H27N3O3. The van der Waals surface area contributed by atoms with Crippen LogP contribution in [0.5, 0.6) is 5.75 Å². The first-order valence-electron chi connectivity index (χ1n) is 9.33. The summed E-state index contributed by atoms with van der Waals surface area (Å²) in [6.45, 7) is 4.09. The molecule has 1 atom stereocenters. The molecule has 1 aromatic carbocycles. The van der Waals surface area contributed by atoms with Crippen LogP contribution in [0.4, 0.5) is 0 Å². The first-order valence-corrected chi connectivity index (χ1v) is 9.33. The quantitative estimate of drug-likeness (QED) is 0.763. The lowest BCUT2D eigenvalue weighted by Gasteiger charge is -2.28. The number of carbonyl (C=O) groups excluding carboxylic acids is 2. The fourth-order valence-corrected chi connectivity index (χ4v) is 3.60. The van der Waals surface area contributed by atoms with Crippen molar-refractivity contribution in [3.05, 3.63) is 53.3 Å². The lowest BCUT2D eigenvalue weighted by molar-refractivity contribution is 0.0929. The average Bonchev–Trinajstić information content (AvgIpc) is 3.32. The Balaban J connectivity index is 1.74. The van der Waals surface area contributed by atoms with Gasteiger partial charge in [-0.05, 0) is 56.6 Å². The highest BCUT2D eigenvalue weighted by Crippen LogP contribution is 2.26. The van der Waals surface area contributed by atoms with Gasteiger partial charge in [-0.1, -0.05) is 12.1 Å². The molecule has 144 valence electrons. The first kappa shape index (κ1) is 19.2. The second-order valence-corrected chi connectivity index (χ2v) is 7.02. The van der Waals surface area contributed by atoms with E-state index in [1.54, 1.807) is 31.0 Å². The standard InChI is InChI=1S/C21H27N3O3/c1-15(25)17-12-19(23(2)14-17)21(26)22-13-20(24-10-4-5-11-24)16-6-8-18(27-3)9-7-16/h6-9,12,14,20H,4-5,10-11,13H2,1-3H3,(H,22,26)/t20-/m0/s1. The molecule has 6 heteroatoms. The number of ketones is 1. The van der Waals surface area contributed by atoms with E-state index in [0.717, 1.165) is 24.4 Å². The molecule has 0 aliphatic carbocycles. The maximum absolute atomic E-state index is 12.7. The molecule has 0 spiro atoms. The molecule has 1 aliphatic heterocycles. The van der Waals surface area contributed by atoms with Gasteiger partial charge in [0.05, 0.1) is 13.2 Å². The van der Waals surface area contributed by atoms with Crippen molar-refractivity contribution in [2.24, 2.45) is 7.05 Å². The van der Waals surface area contributed by atoms with E-state index in [0.29, 0.717) is 17.8 Å². The third-order valence-electron chi connectivity index (χ3n) is 5.18. The minimum atomic E-state index is -0.164. The Kier molecular flexibility index (Phi) is 5.96. The van der Waals surface area contributed by atoms with Gasteiger partial charge in [-0.25, -0.2) is 0 Å². The summed E-state index contributed by atoms with van der Waals surface area (Å²) in [5.41, 5.74) is 2.21. The number of likely N-dealkylation sites (tertiary alicyclic amines) is 1. The minimum Gasteiger partial charge on any atom is -0.497 e. The normalized spacial score (nSPS) is 15.5. The molecule has 1 aliphatic rings. The van der Waals surface area contributed by atoms with Gasteiger partial charge in [-0.2, -0.15) is 0 Å². The number of nitrogens with zero attached hydrogens (tertiary/aromatic N) is 2. The summed E-state index contributed by atoms with van der Waals surface area (Å²) in [6, 6.07) is 9.80. The maximum atomic E-state index is 12.7. The molecule has 0 unspecified atom stereocenters. The lowest BCUT2D eigenvalue weighted by Crippen LogP contribution is -2.37. The minimum absolute atomic E-state index is 0.0437. The topological polar surface area (TPSA) is 63.6 Å². The van der Waals surface area contributed by atoms with Gasteiger partial charge in [0.1, 0.15) is 11.4 Å². The molecule has 1 saturated heterocycles. The van der Waals surface area contributed by atoms with Gasteiger partial charge in [0.2, 0.25) is 0 Å². The average molecular weight is 369 g/mol. The van der Waals surface area contributed by atoms with Crippen LogP contribution in [0.1, 0.15) is 52.2 Å². The van der Waals surface area contributed by atoms with Crippen LogP contribution in [0, 0.1) is 0 Å². The van der Waals surface area contributed by atoms with Gasteiger partial charge < -0.3 is 14.6 Å². The molecule has 2 aromatic rings. The number of carbonyl (C=O) groups is 2. The highest BCUT2D eigenvalue weighted by Gasteiger charge is 2.24. The number of hydrogen-bond donors (Lipinski definition) is 1. The zero-order valence-electron chi connectivity index (χ0n) is 16.2. The van der Waals surface area contributed by atoms with E-state index in [4.69, 9.17) is 4.74 Å². The largest absolute Gasteiger partial charge is 0.497 e. The van der Waals surface area contributed by atoms with Gasteiger partial charge >= 0.3 is 0 Å². The molecule has 0 radical (unpaired) electrons. The highest BCUT2D eigenvalue weighted by atomic mass is 16.5. The van der Waals surface area contributed by atoms with Crippen molar-refractivity contribution in [1.29, 1.82) is 0 Å². The molecule has 3 rings (SSSR count). The van der Waals surface area contributed by atoms with Crippen molar-refractivity contribution >= 4 is 11.7 Å². The fraction of sp³-hybridized carbons (Fsp3) is 0.429. The first-order chi connectivity index (χ1) is 13.0. The summed E-state index contributed by atoms with van der Waals surface area (Å²) in [7, 11) is 3.44. The van der Waals surface area contributed by atoms with Gasteiger partial charge in [-0.15, -0.1) is 0 Å². The van der Waals surface area contributed by atoms with Crippen LogP contribution in [-0.2, 0) is 7.05 Å². The molecule has 6 nitrogen and oxygen atoms in total. The molecule has 1 N–H and O–H groups in total. The summed E-state index contributed by atoms with van der Waals surface area (Å²) in [5.74, 6) is 0.615. The predicted molar refractivity (Wildman–Crippen MR) is 104 cm³/mol. The van der Waals surface area contributed by atoms with Crippen molar-refractivity contribution < 1.29 is 14.3 Å². The van der Waals surface area contributed by atoms with E-state index in [2.05, 4.69) is 22.3 Å². The molecule has 0 saturated carbocycles. The Morgan fingerprint density at radius 1 is 1.19 bits per heavy atom. The van der Waals surface area contributed by atoms with Gasteiger partial charge in [-0.3, -0.25) is 14.5 Å². The second-order valence-electron chi connectivity index (χ2n) is 7.02. The fourth-order valence-electron chi connectivity index (χ4n) is 3.60. The number of nitrogens with one attached hydrogen (secondary N) is 1. The van der Waals surface area contributed by atoms with E-state index in [1.807, 2.05) is 12.1 Å². The smallest absolute Gasteiger partial charge is 0.267 e. The predicted octanol–water partition coefficient (Wildman–Crippen LogP) is 2.80. The Bertz CT molecular complexity index is 805. The number of methoxy groups -OCH3 is 1. The molecule has 1 fully saturated rings. The van der Waals surface area contributed by atoms with Crippen molar-refractivity contribution in [2.75, 3.05) is 26.7 Å². The van der Waals surface area contributed by atoms with Crippen molar-refractivity contribution in [3.63, 3.8) is 0 Å². The van der Waals surface area contributed by atoms with E-state index in [1.165, 1.54) is 19.8 Å². The summed E-state index contributed by atoms with van der Waals surface area (Å²) in [6.07, 6.45) is 4.05. The number of rotatable bonds is 7. The van der Waals surface area contributed by atoms with Crippen LogP contribution in [0.15, 0.2) is 36.5 Å². The number of aromatic nitrogens is 1. The number of aryl methyl sites for hydroxylation is 1. The van der Waals surface area contributed by atoms with Crippen LogP contribution in [0.2, 0.25) is 0 Å². The van der Waals surface area contributed by atoms with Crippen LogP contribution in [-0.4, -0.2) is 47.9 Å². The molecular weight excluding hydrogens is 342 g/mol. The van der Waals surface area contributed by atoms with Gasteiger partial charge in [0.15, 0.2) is 5.78 Å². The highest BCUT2D eigenvalue weighted by molar-refractivity contribution is 5.99. The second kappa shape index (κ2) is 8.39. The summed E-state index contributed by atoms with van der Waals surface area (Å²) in [5, 5.41) is 3.05. The number of amides is 1. The number of hydrogen-bond acceptors (Lipinski definition) is 4. The third-order valence-corrected chi connectivity index (χ3v) is 5.18. The van der Waals surface area contributed by atoms with Gasteiger partial charge in [0, 0.05) is 25.4 Å². The summed E-state index contributed by atoms with van der Waals surface area (Å²) >= 11 is 0. The van der Waals surface area contributed by atoms with E-state index >= 15 is 0 Å². The SMILES string of the molecule is COc1ccc([C@H](CNC(=O)c2cc(C(C)=O)cn2C)N2CCCC2)cc1. The molecule has 2 heterocycles. The van der Waals surface area contributed by atoms with Crippen molar-refractivity contribution in [1.82, 2.24) is 14.8 Å². The van der Waals surface area contributed by atoms with E-state index in [9.17, 15) is 9.59 Å². The van der Waals surface area contributed by atoms with Crippen LogP contribution < -0.4 is 10.1 Å². The van der Waals surface area contributed by atoms with Crippen molar-refractivity contribution in [3.8, 4) is 5.75 Å². The maximum Gasteiger partial charge on any atom is 0.267 e. The zero-order valence-corrected chi connectivity index (χ0v) is 16.2. The number of benzene rings is 1. The Morgan fingerprint density at radius 2 is 1.85 bits per heavy atom. The third kappa shape index (κ3) is 4.39. The number of Topliss-reactive ketones (excluding diaryl/α,β-unsaturated/α-hetero) is 1. The van der Waals surface area contributed by atoms with Crippen LogP contribution in [0.25, 0.3) is 0 Å². The van der Waals surface area contributed by atoms with Crippen molar-refractivity contribution in [2.45, 2.75) is 25.8 Å². The Labute approximate surface area is 160 Å². The Hall–Kier alpha value is -2.60. The van der Waals surface area contributed by atoms with Crippen LogP contribution >= 0.6 is 0 Å². The molecule has 1 amide bonds. The van der Waals surface area contributed by atoms with Gasteiger partial charge in [0.25, 0.3) is 5.91 Å². The summed E-state index contributed by atoms with van der Waals surface area (Å²) in [4.78, 5) is 26.6. The zero-order chi connectivity index (χ0) is 19.4. The van der Waals surface area contributed by atoms with Crippen LogP contribution in [0.3, 0.4) is 0 Å². The molecule has 1 aromatic heterocycles.